The minimum atomic E-state index is -3.01. The Morgan fingerprint density at radius 2 is 2.19 bits per heavy atom. The number of amides is 1. The molecule has 9 nitrogen and oxygen atoms in total. The molecule has 1 fully saturated rings. The zero-order valence-corrected chi connectivity index (χ0v) is 17.9. The van der Waals surface area contributed by atoms with Gasteiger partial charge < -0.3 is 14.8 Å². The Hall–Kier alpha value is -3.38. The van der Waals surface area contributed by atoms with Crippen LogP contribution in [0.3, 0.4) is 0 Å². The van der Waals surface area contributed by atoms with E-state index in [4.69, 9.17) is 9.47 Å². The predicted octanol–water partition coefficient (Wildman–Crippen LogP) is 3.78. The van der Waals surface area contributed by atoms with Gasteiger partial charge in [-0.2, -0.15) is 19.0 Å². The topological polar surface area (TPSA) is 95.6 Å². The molecule has 1 saturated heterocycles. The van der Waals surface area contributed by atoms with Gasteiger partial charge in [0.15, 0.2) is 5.65 Å². The number of hydrogen-bond acceptors (Lipinski definition) is 6. The number of carbonyl (C=O) groups excluding carboxylic acids is 1. The van der Waals surface area contributed by atoms with Crippen LogP contribution in [-0.4, -0.2) is 50.1 Å². The van der Waals surface area contributed by atoms with Crippen LogP contribution in [0.5, 0.6) is 5.75 Å². The number of halogens is 3. The number of fused-ring (bicyclic) bond motifs is 1. The summed E-state index contributed by atoms with van der Waals surface area (Å²) in [7, 11) is 0. The molecule has 0 spiro atoms. The van der Waals surface area contributed by atoms with Crippen LogP contribution in [0, 0.1) is 0 Å². The Bertz CT molecular complexity index is 1300. The summed E-state index contributed by atoms with van der Waals surface area (Å²) in [4.78, 5) is 17.2. The van der Waals surface area contributed by atoms with E-state index in [1.54, 1.807) is 41.5 Å². The molecule has 0 radical (unpaired) electrons. The first kappa shape index (κ1) is 20.5. The summed E-state index contributed by atoms with van der Waals surface area (Å²) in [6, 6.07) is 6.28. The molecule has 5 rings (SSSR count). The molecular formula is C20H15BrF2N6O3. The number of rotatable bonds is 6. The molecule has 0 unspecified atom stereocenters. The number of alkyl halides is 2. The molecule has 3 aromatic heterocycles. The second-order valence-electron chi connectivity index (χ2n) is 6.98. The summed E-state index contributed by atoms with van der Waals surface area (Å²) in [6.07, 6.45) is 6.29. The smallest absolute Gasteiger partial charge is 0.387 e. The van der Waals surface area contributed by atoms with Crippen LogP contribution in [0.1, 0.15) is 16.4 Å². The first-order valence-corrected chi connectivity index (χ1v) is 10.3. The number of aromatic nitrogens is 5. The third kappa shape index (κ3) is 3.82. The van der Waals surface area contributed by atoms with Gasteiger partial charge in [0.1, 0.15) is 17.0 Å². The highest BCUT2D eigenvalue weighted by atomic mass is 79.9. The van der Waals surface area contributed by atoms with Crippen molar-refractivity contribution in [3.05, 3.63) is 59.1 Å². The molecule has 0 atom stereocenters. The van der Waals surface area contributed by atoms with Crippen molar-refractivity contribution < 1.29 is 23.0 Å². The first-order valence-electron chi connectivity index (χ1n) is 9.51. The van der Waals surface area contributed by atoms with Gasteiger partial charge in [-0.1, -0.05) is 15.9 Å². The number of carbonyl (C=O) groups is 1. The second kappa shape index (κ2) is 8.28. The van der Waals surface area contributed by atoms with E-state index in [1.165, 1.54) is 16.8 Å². The molecule has 1 amide bonds. The molecule has 164 valence electrons. The van der Waals surface area contributed by atoms with E-state index in [0.29, 0.717) is 34.6 Å². The lowest BCUT2D eigenvalue weighted by molar-refractivity contribution is -0.0494. The van der Waals surface area contributed by atoms with Crippen molar-refractivity contribution in [3.8, 4) is 17.0 Å². The number of nitrogens with one attached hydrogen (secondary N) is 1. The monoisotopic (exact) mass is 504 g/mol. The van der Waals surface area contributed by atoms with Crippen molar-refractivity contribution in [2.75, 3.05) is 18.5 Å². The van der Waals surface area contributed by atoms with Gasteiger partial charge in [0, 0.05) is 28.6 Å². The SMILES string of the molecule is O=C(Nc1cn(C2COC2)nc1-c1cc(Br)ccc1OC(F)F)c1cnn2cccnc12. The molecule has 1 aliphatic rings. The van der Waals surface area contributed by atoms with Gasteiger partial charge in [-0.3, -0.25) is 9.48 Å². The lowest BCUT2D eigenvalue weighted by Gasteiger charge is -2.25. The van der Waals surface area contributed by atoms with Crippen LogP contribution >= 0.6 is 15.9 Å². The summed E-state index contributed by atoms with van der Waals surface area (Å²) in [5, 5.41) is 11.5. The maximum atomic E-state index is 13.0. The maximum absolute atomic E-state index is 13.0. The van der Waals surface area contributed by atoms with Gasteiger partial charge in [0.25, 0.3) is 5.91 Å². The lowest BCUT2D eigenvalue weighted by Crippen LogP contribution is -2.30. The number of nitrogens with zero attached hydrogens (tertiary/aromatic N) is 5. The van der Waals surface area contributed by atoms with E-state index >= 15 is 0 Å². The Morgan fingerprint density at radius 1 is 1.34 bits per heavy atom. The summed E-state index contributed by atoms with van der Waals surface area (Å²) in [5.41, 5.74) is 1.55. The zero-order chi connectivity index (χ0) is 22.2. The van der Waals surface area contributed by atoms with Crippen LogP contribution in [0.15, 0.2) is 53.5 Å². The third-order valence-corrected chi connectivity index (χ3v) is 5.40. The molecular weight excluding hydrogens is 490 g/mol. The molecule has 1 aliphatic heterocycles. The second-order valence-corrected chi connectivity index (χ2v) is 7.90. The molecule has 1 aromatic carbocycles. The maximum Gasteiger partial charge on any atom is 0.387 e. The molecule has 0 saturated carbocycles. The normalized spacial score (nSPS) is 14.0. The molecule has 32 heavy (non-hydrogen) atoms. The van der Waals surface area contributed by atoms with E-state index in [2.05, 4.69) is 36.4 Å². The lowest BCUT2D eigenvalue weighted by atomic mass is 10.1. The summed E-state index contributed by atoms with van der Waals surface area (Å²) in [6.45, 7) is -2.09. The van der Waals surface area contributed by atoms with Gasteiger partial charge in [-0.25, -0.2) is 9.50 Å². The van der Waals surface area contributed by atoms with Crippen LogP contribution < -0.4 is 10.1 Å². The molecule has 0 bridgehead atoms. The van der Waals surface area contributed by atoms with Crippen molar-refractivity contribution in [3.63, 3.8) is 0 Å². The largest absolute Gasteiger partial charge is 0.434 e. The summed E-state index contributed by atoms with van der Waals surface area (Å²) >= 11 is 3.35. The molecule has 4 heterocycles. The quantitative estimate of drug-likeness (QED) is 0.429. The minimum Gasteiger partial charge on any atom is -0.434 e. The summed E-state index contributed by atoms with van der Waals surface area (Å²) in [5.74, 6) is -0.526. The Kier molecular flexibility index (Phi) is 5.31. The number of benzene rings is 1. The number of hydrogen-bond donors (Lipinski definition) is 1. The predicted molar refractivity (Wildman–Crippen MR) is 113 cm³/mol. The Morgan fingerprint density at radius 3 is 2.94 bits per heavy atom. The van der Waals surface area contributed by atoms with Gasteiger partial charge in [-0.15, -0.1) is 0 Å². The van der Waals surface area contributed by atoms with E-state index in [0.717, 1.165) is 0 Å². The van der Waals surface area contributed by atoms with Gasteiger partial charge in [0.2, 0.25) is 0 Å². The third-order valence-electron chi connectivity index (χ3n) is 4.91. The van der Waals surface area contributed by atoms with Crippen molar-refractivity contribution in [2.45, 2.75) is 12.7 Å². The Balaban J connectivity index is 1.56. The molecule has 0 aliphatic carbocycles. The van der Waals surface area contributed by atoms with Crippen molar-refractivity contribution >= 4 is 33.2 Å². The average Bonchev–Trinajstić information content (AvgIpc) is 3.32. The average molecular weight is 505 g/mol. The zero-order valence-electron chi connectivity index (χ0n) is 16.3. The van der Waals surface area contributed by atoms with E-state index in [9.17, 15) is 13.6 Å². The highest BCUT2D eigenvalue weighted by Crippen LogP contribution is 2.38. The molecule has 4 aromatic rings. The van der Waals surface area contributed by atoms with Crippen LogP contribution in [-0.2, 0) is 4.74 Å². The van der Waals surface area contributed by atoms with Gasteiger partial charge in [-0.05, 0) is 24.3 Å². The van der Waals surface area contributed by atoms with Gasteiger partial charge >= 0.3 is 6.61 Å². The highest BCUT2D eigenvalue weighted by molar-refractivity contribution is 9.10. The Labute approximate surface area is 188 Å². The van der Waals surface area contributed by atoms with Crippen molar-refractivity contribution in [1.29, 1.82) is 0 Å². The summed E-state index contributed by atoms with van der Waals surface area (Å²) < 4.78 is 39.7. The van der Waals surface area contributed by atoms with Gasteiger partial charge in [0.05, 0.1) is 31.1 Å². The first-order chi connectivity index (χ1) is 15.5. The van der Waals surface area contributed by atoms with E-state index in [-0.39, 0.29) is 23.0 Å². The fourth-order valence-electron chi connectivity index (χ4n) is 3.31. The van der Waals surface area contributed by atoms with Crippen molar-refractivity contribution in [1.82, 2.24) is 24.4 Å². The fourth-order valence-corrected chi connectivity index (χ4v) is 3.67. The van der Waals surface area contributed by atoms with Crippen LogP contribution in [0.2, 0.25) is 0 Å². The van der Waals surface area contributed by atoms with E-state index < -0.39 is 12.5 Å². The number of ether oxygens (including phenoxy) is 2. The van der Waals surface area contributed by atoms with Crippen molar-refractivity contribution in [2.24, 2.45) is 0 Å². The van der Waals surface area contributed by atoms with Crippen LogP contribution in [0.4, 0.5) is 14.5 Å². The fraction of sp³-hybridized carbons (Fsp3) is 0.200. The molecule has 1 N–H and O–H groups in total. The van der Waals surface area contributed by atoms with Crippen LogP contribution in [0.25, 0.3) is 16.9 Å². The van der Waals surface area contributed by atoms with E-state index in [1.807, 2.05) is 0 Å². The molecule has 12 heteroatoms. The standard InChI is InChI=1S/C20H15BrF2N6O3/c21-11-2-3-16(32-20(22)23)13(6-11)17-15(8-29(27-17)12-9-31-10-12)26-19(30)14-7-25-28-5-1-4-24-18(14)28/h1-8,12,20H,9-10H2,(H,26,30). The number of anilines is 1. The minimum absolute atomic E-state index is 0.0235. The highest BCUT2D eigenvalue weighted by Gasteiger charge is 2.26.